The topological polar surface area (TPSA) is 61.8 Å². The number of aliphatic imine (C=N–C) groups is 1. The van der Waals surface area contributed by atoms with Gasteiger partial charge in [0.05, 0.1) is 25.2 Å². The molecule has 6 nitrogen and oxygen atoms in total. The molecule has 2 atom stereocenters. The van der Waals surface area contributed by atoms with Gasteiger partial charge in [-0.2, -0.15) is 13.2 Å². The molecule has 2 unspecified atom stereocenters. The lowest BCUT2D eigenvalue weighted by molar-refractivity contribution is -0.132. The van der Waals surface area contributed by atoms with Gasteiger partial charge in [-0.15, -0.1) is 0 Å². The Bertz CT molecular complexity index is 596. The summed E-state index contributed by atoms with van der Waals surface area (Å²) in [4.78, 5) is 11.0. The lowest BCUT2D eigenvalue weighted by Crippen LogP contribution is -2.45. The fourth-order valence-electron chi connectivity index (χ4n) is 2.90. The number of anilines is 1. The number of pyridine rings is 1. The van der Waals surface area contributed by atoms with Crippen LogP contribution in [-0.4, -0.2) is 55.5 Å². The predicted molar refractivity (Wildman–Crippen MR) is 99.9 cm³/mol. The number of ether oxygens (including phenoxy) is 1. The molecule has 1 fully saturated rings. The van der Waals surface area contributed by atoms with Crippen LogP contribution < -0.4 is 15.5 Å². The zero-order chi connectivity index (χ0) is 19.9. The second kappa shape index (κ2) is 9.77. The molecule has 0 aromatic carbocycles. The van der Waals surface area contributed by atoms with E-state index >= 15 is 0 Å². The van der Waals surface area contributed by atoms with Gasteiger partial charge in [0.2, 0.25) is 0 Å². The number of hydrogen-bond acceptors (Lipinski definition) is 4. The Kier molecular flexibility index (Phi) is 7.70. The number of guanidine groups is 1. The first-order valence-electron chi connectivity index (χ1n) is 9.21. The molecule has 1 saturated heterocycles. The molecule has 2 rings (SSSR count). The SMILES string of the molecule is CCNC(=NCc1ccc(N2CC(C)OC(C)C2)nc1)NCCC(F)(F)F. The molecule has 1 aliphatic heterocycles. The Hall–Kier alpha value is -2.03. The highest BCUT2D eigenvalue weighted by molar-refractivity contribution is 5.79. The van der Waals surface area contributed by atoms with Crippen molar-refractivity contribution in [2.45, 2.75) is 52.1 Å². The zero-order valence-corrected chi connectivity index (χ0v) is 16.0. The van der Waals surface area contributed by atoms with Crippen molar-refractivity contribution in [3.8, 4) is 0 Å². The summed E-state index contributed by atoms with van der Waals surface area (Å²) in [5.41, 5.74) is 0.890. The smallest absolute Gasteiger partial charge is 0.372 e. The van der Waals surface area contributed by atoms with Crippen molar-refractivity contribution in [2.24, 2.45) is 4.99 Å². The van der Waals surface area contributed by atoms with Crippen molar-refractivity contribution in [1.29, 1.82) is 0 Å². The molecule has 2 N–H and O–H groups in total. The molecule has 0 spiro atoms. The van der Waals surface area contributed by atoms with Crippen LogP contribution in [0.3, 0.4) is 0 Å². The molecule has 0 aliphatic carbocycles. The van der Waals surface area contributed by atoms with Crippen LogP contribution in [0.25, 0.3) is 0 Å². The van der Waals surface area contributed by atoms with Crippen molar-refractivity contribution in [3.63, 3.8) is 0 Å². The molecule has 152 valence electrons. The van der Waals surface area contributed by atoms with Crippen LogP contribution in [0.5, 0.6) is 0 Å². The highest BCUT2D eigenvalue weighted by atomic mass is 19.4. The van der Waals surface area contributed by atoms with E-state index < -0.39 is 12.6 Å². The molecule has 27 heavy (non-hydrogen) atoms. The van der Waals surface area contributed by atoms with Crippen LogP contribution >= 0.6 is 0 Å². The molecule has 1 aromatic rings. The summed E-state index contributed by atoms with van der Waals surface area (Å²) in [7, 11) is 0. The summed E-state index contributed by atoms with van der Waals surface area (Å²) in [6, 6.07) is 3.88. The number of hydrogen-bond donors (Lipinski definition) is 2. The van der Waals surface area contributed by atoms with Crippen LogP contribution in [0.1, 0.15) is 32.8 Å². The third kappa shape index (κ3) is 7.62. The van der Waals surface area contributed by atoms with E-state index in [0.717, 1.165) is 24.5 Å². The first-order valence-corrected chi connectivity index (χ1v) is 9.21. The van der Waals surface area contributed by atoms with Crippen molar-refractivity contribution in [3.05, 3.63) is 23.9 Å². The summed E-state index contributed by atoms with van der Waals surface area (Å²) in [5, 5.41) is 5.64. The lowest BCUT2D eigenvalue weighted by atomic mass is 10.2. The van der Waals surface area contributed by atoms with Crippen molar-refractivity contribution in [2.75, 3.05) is 31.1 Å². The van der Waals surface area contributed by atoms with Gasteiger partial charge in [0.1, 0.15) is 5.82 Å². The minimum absolute atomic E-state index is 0.158. The summed E-state index contributed by atoms with van der Waals surface area (Å²) in [6.07, 6.45) is -3.01. The second-order valence-electron chi connectivity index (χ2n) is 6.67. The number of aromatic nitrogens is 1. The number of nitrogens with one attached hydrogen (secondary N) is 2. The fraction of sp³-hybridized carbons (Fsp3) is 0.667. The van der Waals surface area contributed by atoms with Crippen molar-refractivity contribution < 1.29 is 17.9 Å². The van der Waals surface area contributed by atoms with Gasteiger partial charge >= 0.3 is 6.18 Å². The quantitative estimate of drug-likeness (QED) is 0.581. The van der Waals surface area contributed by atoms with Gasteiger partial charge in [0, 0.05) is 32.4 Å². The maximum absolute atomic E-state index is 12.3. The highest BCUT2D eigenvalue weighted by Gasteiger charge is 2.26. The van der Waals surface area contributed by atoms with Crippen LogP contribution in [0, 0.1) is 0 Å². The number of rotatable bonds is 6. The summed E-state index contributed by atoms with van der Waals surface area (Å²) in [6.45, 7) is 8.24. The van der Waals surface area contributed by atoms with Gasteiger partial charge in [0.15, 0.2) is 5.96 Å². The van der Waals surface area contributed by atoms with Gasteiger partial charge in [0.25, 0.3) is 0 Å². The molecule has 9 heteroatoms. The van der Waals surface area contributed by atoms with Crippen molar-refractivity contribution >= 4 is 11.8 Å². The summed E-state index contributed by atoms with van der Waals surface area (Å²) in [5.74, 6) is 1.25. The minimum atomic E-state index is -4.18. The molecule has 1 aliphatic rings. The number of halogens is 3. The average molecular weight is 387 g/mol. The standard InChI is InChI=1S/C18H28F3N5O/c1-4-22-17(23-8-7-18(19,20)21)25-10-15-5-6-16(24-9-15)26-11-13(2)27-14(3)12-26/h5-6,9,13-14H,4,7-8,10-12H2,1-3H3,(H2,22,23,25). The lowest BCUT2D eigenvalue weighted by Gasteiger charge is -2.36. The van der Waals surface area contributed by atoms with E-state index in [-0.39, 0.29) is 18.8 Å². The van der Waals surface area contributed by atoms with E-state index in [9.17, 15) is 13.2 Å². The largest absolute Gasteiger partial charge is 0.390 e. The van der Waals surface area contributed by atoms with E-state index in [4.69, 9.17) is 4.74 Å². The second-order valence-corrected chi connectivity index (χ2v) is 6.67. The molecular weight excluding hydrogens is 359 g/mol. The van der Waals surface area contributed by atoms with Gasteiger partial charge in [-0.05, 0) is 32.4 Å². The Labute approximate surface area is 158 Å². The van der Waals surface area contributed by atoms with E-state index in [1.54, 1.807) is 6.20 Å². The van der Waals surface area contributed by atoms with Crippen molar-refractivity contribution in [1.82, 2.24) is 15.6 Å². The normalized spacial score (nSPS) is 21.3. The molecule has 0 bridgehead atoms. The van der Waals surface area contributed by atoms with Gasteiger partial charge in [-0.3, -0.25) is 0 Å². The monoisotopic (exact) mass is 387 g/mol. The van der Waals surface area contributed by atoms with Gasteiger partial charge in [-0.25, -0.2) is 9.98 Å². The van der Waals surface area contributed by atoms with Gasteiger partial charge < -0.3 is 20.3 Å². The molecule has 0 amide bonds. The minimum Gasteiger partial charge on any atom is -0.372 e. The van der Waals surface area contributed by atoms with Crippen LogP contribution in [0.2, 0.25) is 0 Å². The number of morpholine rings is 1. The molecular formula is C18H28F3N5O. The van der Waals surface area contributed by atoms with Gasteiger partial charge in [-0.1, -0.05) is 6.07 Å². The van der Waals surface area contributed by atoms with E-state index in [1.807, 2.05) is 32.9 Å². The summed E-state index contributed by atoms with van der Waals surface area (Å²) < 4.78 is 42.5. The first kappa shape index (κ1) is 21.3. The van der Waals surface area contributed by atoms with Crippen LogP contribution in [0.15, 0.2) is 23.3 Å². The third-order valence-corrected chi connectivity index (χ3v) is 4.02. The first-order chi connectivity index (χ1) is 12.8. The Balaban J connectivity index is 1.92. The maximum atomic E-state index is 12.3. The fourth-order valence-corrected chi connectivity index (χ4v) is 2.90. The Morgan fingerprint density at radius 3 is 2.52 bits per heavy atom. The average Bonchev–Trinajstić information content (AvgIpc) is 2.58. The third-order valence-electron chi connectivity index (χ3n) is 4.02. The Morgan fingerprint density at radius 2 is 1.96 bits per heavy atom. The summed E-state index contributed by atoms with van der Waals surface area (Å²) >= 11 is 0. The van der Waals surface area contributed by atoms with E-state index in [2.05, 4.69) is 25.5 Å². The number of alkyl halides is 3. The molecule has 2 heterocycles. The van der Waals surface area contributed by atoms with Crippen LogP contribution in [0.4, 0.5) is 19.0 Å². The van der Waals surface area contributed by atoms with Crippen LogP contribution in [-0.2, 0) is 11.3 Å². The van der Waals surface area contributed by atoms with E-state index in [1.165, 1.54) is 0 Å². The maximum Gasteiger partial charge on any atom is 0.390 e. The zero-order valence-electron chi connectivity index (χ0n) is 16.0. The number of nitrogens with zero attached hydrogens (tertiary/aromatic N) is 3. The molecule has 0 radical (unpaired) electrons. The molecule has 0 saturated carbocycles. The Morgan fingerprint density at radius 1 is 1.26 bits per heavy atom. The highest BCUT2D eigenvalue weighted by Crippen LogP contribution is 2.19. The van der Waals surface area contributed by atoms with E-state index in [0.29, 0.717) is 19.0 Å². The molecule has 1 aromatic heterocycles. The predicted octanol–water partition coefficient (Wildman–Crippen LogP) is 2.70.